The minimum Gasteiger partial charge on any atom is -0.441 e. The third kappa shape index (κ3) is 3.53. The molecule has 1 saturated carbocycles. The van der Waals surface area contributed by atoms with E-state index in [4.69, 9.17) is 10.5 Å². The molecular formula is C19H34N4O2. The Kier molecular flexibility index (Phi) is 4.95. The van der Waals surface area contributed by atoms with Crippen LogP contribution in [0.1, 0.15) is 51.4 Å². The van der Waals surface area contributed by atoms with Crippen LogP contribution in [-0.2, 0) is 4.74 Å². The standard InChI is InChI=1S/C19H34N4O2/c1-21-14-19(25-18(21)24)8-11-22(12-9-19)17-7-10-23(13-16(17)20)15-5-3-2-4-6-15/h15-17H,2-14,20H2,1H3. The van der Waals surface area contributed by atoms with Crippen molar-refractivity contribution < 1.29 is 9.53 Å². The smallest absolute Gasteiger partial charge is 0.410 e. The van der Waals surface area contributed by atoms with Gasteiger partial charge in [0.1, 0.15) is 5.60 Å². The lowest BCUT2D eigenvalue weighted by molar-refractivity contribution is -0.0257. The summed E-state index contributed by atoms with van der Waals surface area (Å²) in [6, 6.07) is 1.52. The van der Waals surface area contributed by atoms with Crippen molar-refractivity contribution in [3.05, 3.63) is 0 Å². The van der Waals surface area contributed by atoms with Gasteiger partial charge < -0.3 is 15.4 Å². The van der Waals surface area contributed by atoms with Crippen molar-refractivity contribution in [2.75, 3.05) is 39.8 Å². The molecule has 4 aliphatic rings. The number of hydrogen-bond donors (Lipinski definition) is 1. The van der Waals surface area contributed by atoms with Crippen LogP contribution >= 0.6 is 0 Å². The summed E-state index contributed by atoms with van der Waals surface area (Å²) in [4.78, 5) is 18.7. The quantitative estimate of drug-likeness (QED) is 0.820. The number of piperidine rings is 2. The highest BCUT2D eigenvalue weighted by molar-refractivity contribution is 5.70. The fourth-order valence-electron chi connectivity index (χ4n) is 5.54. The molecule has 0 aromatic carbocycles. The van der Waals surface area contributed by atoms with Crippen molar-refractivity contribution in [2.45, 2.75) is 75.1 Å². The van der Waals surface area contributed by atoms with Crippen molar-refractivity contribution >= 4 is 6.09 Å². The van der Waals surface area contributed by atoms with Crippen molar-refractivity contribution in [2.24, 2.45) is 5.73 Å². The van der Waals surface area contributed by atoms with E-state index in [9.17, 15) is 4.79 Å². The molecule has 3 heterocycles. The Labute approximate surface area is 151 Å². The highest BCUT2D eigenvalue weighted by Gasteiger charge is 2.47. The molecular weight excluding hydrogens is 316 g/mol. The highest BCUT2D eigenvalue weighted by atomic mass is 16.6. The molecule has 0 aromatic heterocycles. The Morgan fingerprint density at radius 3 is 2.36 bits per heavy atom. The van der Waals surface area contributed by atoms with Crippen molar-refractivity contribution in [3.8, 4) is 0 Å². The Morgan fingerprint density at radius 2 is 1.76 bits per heavy atom. The lowest BCUT2D eigenvalue weighted by atomic mass is 9.87. The number of ether oxygens (including phenoxy) is 1. The fourth-order valence-corrected chi connectivity index (χ4v) is 5.54. The average molecular weight is 351 g/mol. The zero-order valence-electron chi connectivity index (χ0n) is 15.7. The zero-order chi connectivity index (χ0) is 17.4. The maximum Gasteiger partial charge on any atom is 0.410 e. The van der Waals surface area contributed by atoms with E-state index in [1.807, 2.05) is 7.05 Å². The van der Waals surface area contributed by atoms with Crippen LogP contribution in [0.4, 0.5) is 4.79 Å². The molecule has 3 aliphatic heterocycles. The second-order valence-corrected chi connectivity index (χ2v) is 8.75. The Bertz CT molecular complexity index is 486. The predicted molar refractivity (Wildman–Crippen MR) is 97.5 cm³/mol. The van der Waals surface area contributed by atoms with Crippen LogP contribution in [-0.4, -0.2) is 84.3 Å². The van der Waals surface area contributed by atoms with Crippen LogP contribution < -0.4 is 5.73 Å². The van der Waals surface area contributed by atoms with E-state index in [1.165, 1.54) is 45.1 Å². The molecule has 2 atom stereocenters. The van der Waals surface area contributed by atoms with Crippen molar-refractivity contribution in [1.29, 1.82) is 0 Å². The number of rotatable bonds is 2. The van der Waals surface area contributed by atoms with Crippen LogP contribution in [0.25, 0.3) is 0 Å². The Hall–Kier alpha value is -0.850. The van der Waals surface area contributed by atoms with E-state index in [0.29, 0.717) is 6.04 Å². The summed E-state index contributed by atoms with van der Waals surface area (Å²) in [5, 5.41) is 0. The SMILES string of the molecule is CN1CC2(CCN(C3CCN(C4CCCCC4)CC3N)CC2)OC1=O. The van der Waals surface area contributed by atoms with Gasteiger partial charge >= 0.3 is 6.09 Å². The van der Waals surface area contributed by atoms with Gasteiger partial charge in [0.2, 0.25) is 0 Å². The lowest BCUT2D eigenvalue weighted by Gasteiger charge is -2.48. The zero-order valence-corrected chi connectivity index (χ0v) is 15.7. The molecule has 1 spiro atoms. The second kappa shape index (κ2) is 7.05. The van der Waals surface area contributed by atoms with Gasteiger partial charge in [-0.3, -0.25) is 9.80 Å². The molecule has 1 aliphatic carbocycles. The second-order valence-electron chi connectivity index (χ2n) is 8.75. The van der Waals surface area contributed by atoms with Gasteiger partial charge in [-0.25, -0.2) is 4.79 Å². The molecule has 0 bridgehead atoms. The molecule has 2 N–H and O–H groups in total. The monoisotopic (exact) mass is 350 g/mol. The molecule has 2 unspecified atom stereocenters. The molecule has 0 radical (unpaired) electrons. The lowest BCUT2D eigenvalue weighted by Crippen LogP contribution is -2.62. The molecule has 4 fully saturated rings. The fraction of sp³-hybridized carbons (Fsp3) is 0.947. The van der Waals surface area contributed by atoms with Crippen LogP contribution in [0, 0.1) is 0 Å². The number of likely N-dealkylation sites (N-methyl/N-ethyl adjacent to an activating group) is 1. The number of nitrogens with zero attached hydrogens (tertiary/aromatic N) is 3. The topological polar surface area (TPSA) is 62.0 Å². The summed E-state index contributed by atoms with van der Waals surface area (Å²) in [7, 11) is 1.83. The van der Waals surface area contributed by atoms with E-state index >= 15 is 0 Å². The van der Waals surface area contributed by atoms with Crippen LogP contribution in [0.2, 0.25) is 0 Å². The van der Waals surface area contributed by atoms with Gasteiger partial charge in [-0.2, -0.15) is 0 Å². The molecule has 3 saturated heterocycles. The molecule has 142 valence electrons. The summed E-state index contributed by atoms with van der Waals surface area (Å²) >= 11 is 0. The molecule has 1 amide bonds. The first-order valence-corrected chi connectivity index (χ1v) is 10.2. The maximum atomic E-state index is 11.7. The predicted octanol–water partition coefficient (Wildman–Crippen LogP) is 1.64. The summed E-state index contributed by atoms with van der Waals surface area (Å²) < 4.78 is 5.68. The van der Waals surface area contributed by atoms with Gasteiger partial charge in [-0.1, -0.05) is 19.3 Å². The minimum absolute atomic E-state index is 0.161. The number of hydrogen-bond acceptors (Lipinski definition) is 5. The maximum absolute atomic E-state index is 11.7. The number of amides is 1. The first kappa shape index (κ1) is 17.6. The number of carbonyl (C=O) groups is 1. The van der Waals surface area contributed by atoms with Gasteiger partial charge in [-0.05, 0) is 19.3 Å². The summed E-state index contributed by atoms with van der Waals surface area (Å²) in [6.07, 6.45) is 9.83. The summed E-state index contributed by atoms with van der Waals surface area (Å²) in [6.45, 7) is 4.99. The molecule has 25 heavy (non-hydrogen) atoms. The summed E-state index contributed by atoms with van der Waals surface area (Å²) in [5.41, 5.74) is 6.38. The van der Waals surface area contributed by atoms with E-state index in [1.54, 1.807) is 4.90 Å². The van der Waals surface area contributed by atoms with Crippen LogP contribution in [0.5, 0.6) is 0 Å². The van der Waals surface area contributed by atoms with Crippen LogP contribution in [0.3, 0.4) is 0 Å². The first-order valence-electron chi connectivity index (χ1n) is 10.2. The summed E-state index contributed by atoms with van der Waals surface area (Å²) in [5.74, 6) is 0. The average Bonchev–Trinajstić information content (AvgIpc) is 2.90. The van der Waals surface area contributed by atoms with Gasteiger partial charge in [-0.15, -0.1) is 0 Å². The van der Waals surface area contributed by atoms with Gasteiger partial charge in [0, 0.05) is 64.2 Å². The molecule has 6 heteroatoms. The largest absolute Gasteiger partial charge is 0.441 e. The Morgan fingerprint density at radius 1 is 1.04 bits per heavy atom. The van der Waals surface area contributed by atoms with Gasteiger partial charge in [0.25, 0.3) is 0 Å². The third-order valence-electron chi connectivity index (χ3n) is 7.06. The van der Waals surface area contributed by atoms with Crippen molar-refractivity contribution in [3.63, 3.8) is 0 Å². The number of carbonyl (C=O) groups excluding carboxylic acids is 1. The van der Waals surface area contributed by atoms with Gasteiger partial charge in [0.05, 0.1) is 6.54 Å². The normalized spacial score (nSPS) is 35.3. The van der Waals surface area contributed by atoms with Gasteiger partial charge in [0.15, 0.2) is 0 Å². The minimum atomic E-state index is -0.241. The first-order chi connectivity index (χ1) is 12.1. The molecule has 4 rings (SSSR count). The van der Waals surface area contributed by atoms with Crippen molar-refractivity contribution in [1.82, 2.24) is 14.7 Å². The Balaban J connectivity index is 1.30. The van der Waals surface area contributed by atoms with E-state index in [2.05, 4.69) is 9.80 Å². The highest BCUT2D eigenvalue weighted by Crippen LogP contribution is 2.34. The molecule has 6 nitrogen and oxygen atoms in total. The number of likely N-dealkylation sites (tertiary alicyclic amines) is 2. The number of nitrogens with two attached hydrogens (primary N) is 1. The molecule has 0 aromatic rings. The van der Waals surface area contributed by atoms with E-state index in [-0.39, 0.29) is 17.7 Å². The third-order valence-corrected chi connectivity index (χ3v) is 7.06. The van der Waals surface area contributed by atoms with Crippen LogP contribution in [0.15, 0.2) is 0 Å². The van der Waals surface area contributed by atoms with E-state index < -0.39 is 0 Å². The van der Waals surface area contributed by atoms with E-state index in [0.717, 1.165) is 45.1 Å².